The van der Waals surface area contributed by atoms with Crippen molar-refractivity contribution in [2.75, 3.05) is 13.1 Å². The SMILES string of the molecule is O=C1NC(=O)C2(CCN(C(=O)CC(C3CC3)C3CC3)C2)N1. The molecule has 0 bridgehead atoms. The molecule has 4 rings (SSSR count). The van der Waals surface area contributed by atoms with Crippen molar-refractivity contribution < 1.29 is 14.4 Å². The molecule has 21 heavy (non-hydrogen) atoms. The third-order valence-electron chi connectivity index (χ3n) is 5.50. The average molecular weight is 291 g/mol. The van der Waals surface area contributed by atoms with Gasteiger partial charge in [-0.25, -0.2) is 4.79 Å². The van der Waals surface area contributed by atoms with Gasteiger partial charge in [-0.3, -0.25) is 14.9 Å². The van der Waals surface area contributed by atoms with Crippen LogP contribution in [0.3, 0.4) is 0 Å². The lowest BCUT2D eigenvalue weighted by molar-refractivity contribution is -0.132. The third-order valence-corrected chi connectivity index (χ3v) is 5.50. The molecule has 4 aliphatic rings. The first-order valence-electron chi connectivity index (χ1n) is 7.99. The highest BCUT2D eigenvalue weighted by Gasteiger charge is 2.52. The molecule has 0 aromatic heterocycles. The second kappa shape index (κ2) is 4.45. The van der Waals surface area contributed by atoms with Crippen LogP contribution in [0.1, 0.15) is 38.5 Å². The Balaban J connectivity index is 1.39. The second-order valence-corrected chi connectivity index (χ2v) is 7.10. The molecule has 0 aromatic carbocycles. The van der Waals surface area contributed by atoms with E-state index in [0.717, 1.165) is 11.8 Å². The molecular formula is C15H21N3O3. The molecule has 1 spiro atoms. The summed E-state index contributed by atoms with van der Waals surface area (Å²) in [7, 11) is 0. The molecule has 0 radical (unpaired) electrons. The maximum Gasteiger partial charge on any atom is 0.322 e. The number of hydrogen-bond acceptors (Lipinski definition) is 3. The molecule has 2 aliphatic carbocycles. The Morgan fingerprint density at radius 1 is 1.24 bits per heavy atom. The smallest absolute Gasteiger partial charge is 0.322 e. The van der Waals surface area contributed by atoms with E-state index in [2.05, 4.69) is 10.6 Å². The number of likely N-dealkylation sites (tertiary alicyclic amines) is 1. The highest BCUT2D eigenvalue weighted by atomic mass is 16.2. The van der Waals surface area contributed by atoms with Gasteiger partial charge in [0.05, 0.1) is 6.54 Å². The molecule has 4 amide bonds. The van der Waals surface area contributed by atoms with Gasteiger partial charge in [0.2, 0.25) is 5.91 Å². The molecule has 2 N–H and O–H groups in total. The summed E-state index contributed by atoms with van der Waals surface area (Å²) in [4.78, 5) is 37.5. The van der Waals surface area contributed by atoms with Gasteiger partial charge >= 0.3 is 6.03 Å². The molecule has 1 unspecified atom stereocenters. The number of carbonyl (C=O) groups excluding carboxylic acids is 3. The van der Waals surface area contributed by atoms with E-state index >= 15 is 0 Å². The Morgan fingerprint density at radius 3 is 2.43 bits per heavy atom. The Hall–Kier alpha value is -1.59. The van der Waals surface area contributed by atoms with Gasteiger partial charge in [-0.15, -0.1) is 0 Å². The van der Waals surface area contributed by atoms with E-state index in [9.17, 15) is 14.4 Å². The van der Waals surface area contributed by atoms with Crippen LogP contribution < -0.4 is 10.6 Å². The van der Waals surface area contributed by atoms with E-state index in [1.54, 1.807) is 4.90 Å². The number of rotatable bonds is 4. The number of amides is 4. The van der Waals surface area contributed by atoms with Crippen LogP contribution in [0.5, 0.6) is 0 Å². The van der Waals surface area contributed by atoms with Crippen LogP contribution in [0, 0.1) is 17.8 Å². The minimum absolute atomic E-state index is 0.157. The molecule has 4 fully saturated rings. The van der Waals surface area contributed by atoms with E-state index in [0.29, 0.717) is 31.8 Å². The maximum absolute atomic E-state index is 12.5. The third kappa shape index (κ3) is 2.30. The largest absolute Gasteiger partial charge is 0.340 e. The van der Waals surface area contributed by atoms with E-state index in [-0.39, 0.29) is 11.8 Å². The fourth-order valence-corrected chi connectivity index (χ4v) is 3.94. The van der Waals surface area contributed by atoms with Crippen molar-refractivity contribution in [3.05, 3.63) is 0 Å². The molecule has 1 atom stereocenters. The van der Waals surface area contributed by atoms with E-state index < -0.39 is 11.6 Å². The van der Waals surface area contributed by atoms with E-state index in [1.165, 1.54) is 25.7 Å². The molecule has 2 aliphatic heterocycles. The minimum atomic E-state index is -0.874. The number of urea groups is 1. The van der Waals surface area contributed by atoms with E-state index in [4.69, 9.17) is 0 Å². The van der Waals surface area contributed by atoms with Gasteiger partial charge in [-0.1, -0.05) is 0 Å². The fourth-order valence-electron chi connectivity index (χ4n) is 3.94. The van der Waals surface area contributed by atoms with Crippen molar-refractivity contribution in [1.82, 2.24) is 15.5 Å². The van der Waals surface area contributed by atoms with Crippen LogP contribution in [0.25, 0.3) is 0 Å². The molecule has 6 nitrogen and oxygen atoms in total. The lowest BCUT2D eigenvalue weighted by Gasteiger charge is -2.23. The van der Waals surface area contributed by atoms with Crippen LogP contribution in [0.15, 0.2) is 0 Å². The van der Waals surface area contributed by atoms with Crippen LogP contribution in [-0.2, 0) is 9.59 Å². The molecule has 114 valence electrons. The van der Waals surface area contributed by atoms with E-state index in [1.807, 2.05) is 0 Å². The fraction of sp³-hybridized carbons (Fsp3) is 0.800. The summed E-state index contributed by atoms with van der Waals surface area (Å²) in [6.07, 6.45) is 6.25. The summed E-state index contributed by atoms with van der Waals surface area (Å²) in [5, 5.41) is 4.97. The minimum Gasteiger partial charge on any atom is -0.340 e. The summed E-state index contributed by atoms with van der Waals surface area (Å²) >= 11 is 0. The zero-order valence-electron chi connectivity index (χ0n) is 12.1. The van der Waals surface area contributed by atoms with Crippen molar-refractivity contribution in [2.24, 2.45) is 17.8 Å². The van der Waals surface area contributed by atoms with Crippen molar-refractivity contribution in [3.8, 4) is 0 Å². The first kappa shape index (κ1) is 13.1. The second-order valence-electron chi connectivity index (χ2n) is 7.10. The summed E-state index contributed by atoms with van der Waals surface area (Å²) < 4.78 is 0. The number of nitrogens with one attached hydrogen (secondary N) is 2. The Morgan fingerprint density at radius 2 is 1.90 bits per heavy atom. The normalized spacial score (nSPS) is 32.0. The summed E-state index contributed by atoms with van der Waals surface area (Å²) in [6, 6.07) is -0.442. The van der Waals surface area contributed by atoms with Crippen molar-refractivity contribution >= 4 is 17.8 Å². The van der Waals surface area contributed by atoms with Gasteiger partial charge in [-0.05, 0) is 49.9 Å². The Kier molecular flexibility index (Phi) is 2.78. The Labute approximate surface area is 123 Å². The zero-order valence-corrected chi connectivity index (χ0v) is 12.1. The standard InChI is InChI=1S/C15H21N3O3/c19-12(7-11(9-1-2-9)10-3-4-10)18-6-5-15(8-18)13(20)16-14(21)17-15/h9-11H,1-8H2,(H2,16,17,20,21). The van der Waals surface area contributed by atoms with Gasteiger partial charge in [0, 0.05) is 13.0 Å². The Bertz CT molecular complexity index is 500. The molecule has 2 saturated carbocycles. The summed E-state index contributed by atoms with van der Waals surface area (Å²) in [5.74, 6) is 1.94. The molecule has 2 saturated heterocycles. The predicted molar refractivity (Wildman–Crippen MR) is 74.2 cm³/mol. The molecular weight excluding hydrogens is 270 g/mol. The quantitative estimate of drug-likeness (QED) is 0.745. The lowest BCUT2D eigenvalue weighted by atomic mass is 9.93. The van der Waals surface area contributed by atoms with Gasteiger partial charge < -0.3 is 10.2 Å². The van der Waals surface area contributed by atoms with Crippen molar-refractivity contribution in [3.63, 3.8) is 0 Å². The number of nitrogens with zero attached hydrogens (tertiary/aromatic N) is 1. The van der Waals surface area contributed by atoms with Crippen LogP contribution >= 0.6 is 0 Å². The highest BCUT2D eigenvalue weighted by molar-refractivity contribution is 6.07. The summed E-state index contributed by atoms with van der Waals surface area (Å²) in [5.41, 5.74) is -0.874. The molecule has 6 heteroatoms. The molecule has 0 aromatic rings. The monoisotopic (exact) mass is 291 g/mol. The average Bonchev–Trinajstić information content (AvgIpc) is 3.35. The highest BCUT2D eigenvalue weighted by Crippen LogP contribution is 2.51. The maximum atomic E-state index is 12.5. The molecule has 2 heterocycles. The number of imide groups is 1. The number of hydrogen-bond donors (Lipinski definition) is 2. The van der Waals surface area contributed by atoms with Gasteiger partial charge in [0.15, 0.2) is 0 Å². The topological polar surface area (TPSA) is 78.5 Å². The van der Waals surface area contributed by atoms with Crippen LogP contribution in [0.4, 0.5) is 4.79 Å². The first-order chi connectivity index (χ1) is 10.1. The lowest BCUT2D eigenvalue weighted by Crippen LogP contribution is -2.49. The van der Waals surface area contributed by atoms with Gasteiger partial charge in [0.1, 0.15) is 5.54 Å². The van der Waals surface area contributed by atoms with Crippen LogP contribution in [-0.4, -0.2) is 41.4 Å². The van der Waals surface area contributed by atoms with Gasteiger partial charge in [-0.2, -0.15) is 0 Å². The van der Waals surface area contributed by atoms with Gasteiger partial charge in [0.25, 0.3) is 5.91 Å². The van der Waals surface area contributed by atoms with Crippen molar-refractivity contribution in [2.45, 2.75) is 44.1 Å². The van der Waals surface area contributed by atoms with Crippen LogP contribution in [0.2, 0.25) is 0 Å². The first-order valence-corrected chi connectivity index (χ1v) is 7.99. The predicted octanol–water partition coefficient (Wildman–Crippen LogP) is 0.623. The summed E-state index contributed by atoms with van der Waals surface area (Å²) in [6.45, 7) is 0.889. The van der Waals surface area contributed by atoms with Crippen molar-refractivity contribution in [1.29, 1.82) is 0 Å². The zero-order chi connectivity index (χ0) is 14.6. The number of carbonyl (C=O) groups is 3.